The van der Waals surface area contributed by atoms with Crippen molar-refractivity contribution in [1.82, 2.24) is 0 Å². The van der Waals surface area contributed by atoms with Crippen LogP contribution < -0.4 is 5.43 Å². The molecule has 0 N–H and O–H groups in total. The molecule has 17 heavy (non-hydrogen) atoms. The van der Waals surface area contributed by atoms with Gasteiger partial charge in [0.25, 0.3) is 0 Å². The lowest BCUT2D eigenvalue weighted by molar-refractivity contribution is -0.127. The van der Waals surface area contributed by atoms with E-state index in [1.807, 2.05) is 0 Å². The summed E-state index contributed by atoms with van der Waals surface area (Å²) in [7, 11) is 0. The number of hydrogen-bond donors (Lipinski definition) is 0. The van der Waals surface area contributed by atoms with Gasteiger partial charge in [0, 0.05) is 0 Å². The summed E-state index contributed by atoms with van der Waals surface area (Å²) in [6.45, 7) is 3.59. The van der Waals surface area contributed by atoms with Crippen LogP contribution >= 0.6 is 0 Å². The Morgan fingerprint density at radius 2 is 2.00 bits per heavy atom. The summed E-state index contributed by atoms with van der Waals surface area (Å²) in [5, 5.41) is 0. The van der Waals surface area contributed by atoms with E-state index in [2.05, 4.69) is 6.92 Å². The zero-order chi connectivity index (χ0) is 12.6. The van der Waals surface area contributed by atoms with E-state index in [9.17, 15) is 18.0 Å². The maximum absolute atomic E-state index is 12.3. The first kappa shape index (κ1) is 11.7. The molecule has 1 aliphatic carbocycles. The van der Waals surface area contributed by atoms with Crippen molar-refractivity contribution in [2.45, 2.75) is 12.6 Å². The van der Waals surface area contributed by atoms with Crippen molar-refractivity contribution < 1.29 is 17.6 Å². The second-order valence-corrected chi connectivity index (χ2v) is 3.69. The Morgan fingerprint density at radius 3 is 2.65 bits per heavy atom. The zero-order valence-electron chi connectivity index (χ0n) is 8.67. The van der Waals surface area contributed by atoms with E-state index in [1.54, 1.807) is 0 Å². The first-order valence-corrected chi connectivity index (χ1v) is 4.79. The number of fused-ring (bicyclic) bond motifs is 1. The van der Waals surface area contributed by atoms with Crippen LogP contribution in [0.3, 0.4) is 0 Å². The minimum atomic E-state index is -4.36. The Balaban J connectivity index is 2.64. The molecular formula is C12H8F3O2. The van der Waals surface area contributed by atoms with E-state index in [1.165, 1.54) is 18.6 Å². The van der Waals surface area contributed by atoms with Crippen LogP contribution in [0.5, 0.6) is 0 Å². The van der Waals surface area contributed by atoms with E-state index in [-0.39, 0.29) is 16.7 Å². The van der Waals surface area contributed by atoms with Gasteiger partial charge in [-0.25, -0.2) is 0 Å². The number of rotatable bonds is 1. The SMILES string of the molecule is [CH2]c1c(CC(F)(F)F)cc(=O)c2coccc1-2. The second-order valence-electron chi connectivity index (χ2n) is 3.69. The van der Waals surface area contributed by atoms with Crippen LogP contribution in [0.4, 0.5) is 13.2 Å². The molecule has 0 amide bonds. The van der Waals surface area contributed by atoms with Gasteiger partial charge in [-0.05, 0) is 35.7 Å². The van der Waals surface area contributed by atoms with Gasteiger partial charge in [0.2, 0.25) is 0 Å². The Labute approximate surface area is 95.0 Å². The van der Waals surface area contributed by atoms with Gasteiger partial charge >= 0.3 is 6.18 Å². The average molecular weight is 241 g/mol. The maximum Gasteiger partial charge on any atom is 0.393 e. The highest BCUT2D eigenvalue weighted by Crippen LogP contribution is 2.28. The van der Waals surface area contributed by atoms with Crippen LogP contribution in [0, 0.1) is 6.92 Å². The molecule has 0 bridgehead atoms. The van der Waals surface area contributed by atoms with Crippen LogP contribution in [-0.2, 0) is 6.42 Å². The van der Waals surface area contributed by atoms with Crippen molar-refractivity contribution in [2.75, 3.05) is 0 Å². The molecule has 1 aliphatic heterocycles. The van der Waals surface area contributed by atoms with Crippen LogP contribution in [-0.4, -0.2) is 6.18 Å². The monoisotopic (exact) mass is 241 g/mol. The normalized spacial score (nSPS) is 12.0. The molecule has 89 valence electrons. The van der Waals surface area contributed by atoms with Crippen LogP contribution in [0.25, 0.3) is 11.1 Å². The quantitative estimate of drug-likeness (QED) is 0.768. The highest BCUT2D eigenvalue weighted by molar-refractivity contribution is 5.69. The lowest BCUT2D eigenvalue weighted by Gasteiger charge is -2.13. The van der Waals surface area contributed by atoms with E-state index in [0.29, 0.717) is 5.56 Å². The summed E-state index contributed by atoms with van der Waals surface area (Å²) in [4.78, 5) is 11.6. The number of alkyl halides is 3. The molecule has 2 nitrogen and oxygen atoms in total. The molecule has 0 aromatic heterocycles. The van der Waals surface area contributed by atoms with Gasteiger partial charge in [-0.1, -0.05) is 0 Å². The fourth-order valence-corrected chi connectivity index (χ4v) is 1.69. The molecule has 0 atom stereocenters. The van der Waals surface area contributed by atoms with Crippen LogP contribution in [0.15, 0.2) is 33.9 Å². The lowest BCUT2D eigenvalue weighted by atomic mass is 9.94. The molecule has 1 radical (unpaired) electrons. The van der Waals surface area contributed by atoms with Crippen molar-refractivity contribution in [3.8, 4) is 11.1 Å². The average Bonchev–Trinajstić information content (AvgIpc) is 2.24. The number of hydrogen-bond acceptors (Lipinski definition) is 2. The number of benzene rings is 1. The van der Waals surface area contributed by atoms with Gasteiger partial charge in [0.05, 0.1) is 18.2 Å². The number of halogens is 3. The second kappa shape index (κ2) is 3.91. The smallest absolute Gasteiger partial charge is 0.393 e. The molecule has 2 aliphatic rings. The molecule has 0 spiro atoms. The minimum Gasteiger partial charge on any atom is -0.472 e. The van der Waals surface area contributed by atoms with Gasteiger partial charge in [-0.3, -0.25) is 4.79 Å². The largest absolute Gasteiger partial charge is 0.472 e. The third kappa shape index (κ3) is 2.33. The molecule has 0 unspecified atom stereocenters. The molecule has 0 saturated heterocycles. The third-order valence-electron chi connectivity index (χ3n) is 2.46. The lowest BCUT2D eigenvalue weighted by Crippen LogP contribution is -2.16. The highest BCUT2D eigenvalue weighted by atomic mass is 19.4. The fourth-order valence-electron chi connectivity index (χ4n) is 1.69. The van der Waals surface area contributed by atoms with Gasteiger partial charge in [-0.2, -0.15) is 13.2 Å². The van der Waals surface area contributed by atoms with Crippen molar-refractivity contribution in [2.24, 2.45) is 0 Å². The topological polar surface area (TPSA) is 30.2 Å². The van der Waals surface area contributed by atoms with Gasteiger partial charge < -0.3 is 4.42 Å². The Bertz CT molecular complexity index is 569. The first-order valence-electron chi connectivity index (χ1n) is 4.79. The molecule has 0 saturated carbocycles. The molecule has 0 fully saturated rings. The summed E-state index contributed by atoms with van der Waals surface area (Å²) in [6.07, 6.45) is -2.99. The Hall–Kier alpha value is -1.78. The highest BCUT2D eigenvalue weighted by Gasteiger charge is 2.29. The summed E-state index contributed by atoms with van der Waals surface area (Å²) in [6, 6.07) is 2.41. The van der Waals surface area contributed by atoms with Crippen LogP contribution in [0.2, 0.25) is 0 Å². The van der Waals surface area contributed by atoms with Crippen LogP contribution in [0.1, 0.15) is 11.1 Å². The molecule has 2 rings (SSSR count). The maximum atomic E-state index is 12.3. The Kier molecular flexibility index (Phi) is 2.69. The minimum absolute atomic E-state index is 0.0961. The van der Waals surface area contributed by atoms with E-state index < -0.39 is 18.0 Å². The first-order chi connectivity index (χ1) is 7.88. The molecule has 0 aromatic carbocycles. The third-order valence-corrected chi connectivity index (χ3v) is 2.46. The fraction of sp³-hybridized carbons (Fsp3) is 0.167. The standard InChI is InChI=1S/C12H8F3O2/c1-7-8(5-12(13,14)15)4-11(16)10-6-17-3-2-9(7)10/h2-4,6H,1,5H2. The molecule has 0 aromatic rings. The summed E-state index contributed by atoms with van der Waals surface area (Å²) in [5.41, 5.74) is 0.261. The predicted molar refractivity (Wildman–Crippen MR) is 55.8 cm³/mol. The van der Waals surface area contributed by atoms with E-state index in [4.69, 9.17) is 4.42 Å². The molecule has 5 heteroatoms. The van der Waals surface area contributed by atoms with Crippen molar-refractivity contribution in [3.63, 3.8) is 0 Å². The molecule has 1 heterocycles. The summed E-state index contributed by atoms with van der Waals surface area (Å²) < 4.78 is 41.7. The van der Waals surface area contributed by atoms with E-state index >= 15 is 0 Å². The predicted octanol–water partition coefficient (Wildman–Crippen LogP) is 3.03. The summed E-state index contributed by atoms with van der Waals surface area (Å²) >= 11 is 0. The van der Waals surface area contributed by atoms with Gasteiger partial charge in [0.15, 0.2) is 5.43 Å². The van der Waals surface area contributed by atoms with Crippen molar-refractivity contribution in [3.05, 3.63) is 52.9 Å². The Morgan fingerprint density at radius 1 is 1.29 bits per heavy atom. The van der Waals surface area contributed by atoms with Crippen molar-refractivity contribution >= 4 is 0 Å². The van der Waals surface area contributed by atoms with Gasteiger partial charge in [-0.15, -0.1) is 0 Å². The molecular weight excluding hydrogens is 233 g/mol. The van der Waals surface area contributed by atoms with E-state index in [0.717, 1.165) is 6.07 Å². The summed E-state index contributed by atoms with van der Waals surface area (Å²) in [5.74, 6) is 0. The van der Waals surface area contributed by atoms with Gasteiger partial charge in [0.1, 0.15) is 6.26 Å². The van der Waals surface area contributed by atoms with Crippen molar-refractivity contribution in [1.29, 1.82) is 0 Å². The zero-order valence-corrected chi connectivity index (χ0v) is 8.67.